The van der Waals surface area contributed by atoms with Crippen LogP contribution in [0.15, 0.2) is 42.5 Å². The number of H-pyrrole nitrogens is 1. The Morgan fingerprint density at radius 2 is 1.72 bits per heavy atom. The molecule has 2 aliphatic rings. The van der Waals surface area contributed by atoms with Gasteiger partial charge in [0.15, 0.2) is 0 Å². The Kier molecular flexibility index (Phi) is 4.54. The van der Waals surface area contributed by atoms with E-state index in [1.807, 2.05) is 0 Å². The number of halogens is 1. The second-order valence-corrected chi connectivity index (χ2v) is 9.36. The van der Waals surface area contributed by atoms with Crippen molar-refractivity contribution in [2.75, 3.05) is 20.7 Å². The first-order valence-corrected chi connectivity index (χ1v) is 11.0. The second-order valence-electron chi connectivity index (χ2n) is 8.98. The minimum atomic E-state index is -0.224. The van der Waals surface area contributed by atoms with Crippen molar-refractivity contribution >= 4 is 22.5 Å². The van der Waals surface area contributed by atoms with E-state index in [0.29, 0.717) is 0 Å². The minimum absolute atomic E-state index is 0.0632. The minimum Gasteiger partial charge on any atom is -0.368 e. The normalized spacial score (nSPS) is 26.9. The maximum Gasteiger partial charge on any atom is 0.108 e. The summed E-state index contributed by atoms with van der Waals surface area (Å²) in [7, 11) is 4.42. The Hall–Kier alpha value is -1.81. The molecule has 1 aliphatic heterocycles. The number of hydrogen-bond acceptors (Lipinski definition) is 2. The van der Waals surface area contributed by atoms with Crippen LogP contribution in [0.4, 0.5) is 0 Å². The third-order valence-corrected chi connectivity index (χ3v) is 7.94. The summed E-state index contributed by atoms with van der Waals surface area (Å²) in [6.45, 7) is 2.85. The number of aryl methyl sites for hydroxylation is 1. The van der Waals surface area contributed by atoms with Crippen LogP contribution in [0.1, 0.15) is 48.1 Å². The molecule has 4 heteroatoms. The van der Waals surface area contributed by atoms with Crippen LogP contribution < -0.4 is 0 Å². The van der Waals surface area contributed by atoms with Crippen LogP contribution in [0.25, 0.3) is 10.9 Å². The molecule has 0 amide bonds. The van der Waals surface area contributed by atoms with Crippen LogP contribution in [0, 0.1) is 6.92 Å². The lowest BCUT2D eigenvalue weighted by Gasteiger charge is -2.50. The van der Waals surface area contributed by atoms with Gasteiger partial charge in [-0.1, -0.05) is 54.1 Å². The highest BCUT2D eigenvalue weighted by Crippen LogP contribution is 2.52. The standard InChI is InChI=1S/C25H29ClN2O/c1-17-9-10-19-20-11-16-29-25(23(20)27-22(19)21(17)26)14-12-24(13-15-25,28(2)3)18-7-5-4-6-8-18/h4-10,27H,11-16H2,1-3H3. The zero-order valence-electron chi connectivity index (χ0n) is 17.5. The van der Waals surface area contributed by atoms with Crippen molar-refractivity contribution in [1.29, 1.82) is 0 Å². The third kappa shape index (κ3) is 2.78. The third-order valence-electron chi connectivity index (χ3n) is 7.45. The van der Waals surface area contributed by atoms with Crippen molar-refractivity contribution in [2.24, 2.45) is 0 Å². The van der Waals surface area contributed by atoms with Crippen LogP contribution in [0.3, 0.4) is 0 Å². The topological polar surface area (TPSA) is 28.3 Å². The summed E-state index contributed by atoms with van der Waals surface area (Å²) >= 11 is 6.66. The largest absolute Gasteiger partial charge is 0.368 e. The molecule has 3 nitrogen and oxygen atoms in total. The van der Waals surface area contributed by atoms with E-state index >= 15 is 0 Å². The Bertz CT molecular complexity index is 1050. The van der Waals surface area contributed by atoms with Crippen LogP contribution in [0.2, 0.25) is 5.02 Å². The van der Waals surface area contributed by atoms with Crippen molar-refractivity contribution in [3.05, 3.63) is 69.9 Å². The molecule has 29 heavy (non-hydrogen) atoms. The Labute approximate surface area is 178 Å². The lowest BCUT2D eigenvalue weighted by Crippen LogP contribution is -2.50. The van der Waals surface area contributed by atoms with E-state index in [4.69, 9.17) is 16.3 Å². The van der Waals surface area contributed by atoms with Crippen molar-refractivity contribution < 1.29 is 4.74 Å². The molecule has 2 aromatic carbocycles. The summed E-state index contributed by atoms with van der Waals surface area (Å²) < 4.78 is 6.55. The van der Waals surface area contributed by atoms with E-state index in [9.17, 15) is 0 Å². The van der Waals surface area contributed by atoms with Gasteiger partial charge in [0.05, 0.1) is 22.8 Å². The predicted molar refractivity (Wildman–Crippen MR) is 120 cm³/mol. The van der Waals surface area contributed by atoms with Gasteiger partial charge in [0.25, 0.3) is 0 Å². The lowest BCUT2D eigenvalue weighted by atomic mass is 9.68. The highest BCUT2D eigenvalue weighted by molar-refractivity contribution is 6.36. The van der Waals surface area contributed by atoms with Crippen LogP contribution in [-0.2, 0) is 22.3 Å². The molecule has 0 bridgehead atoms. The summed E-state index contributed by atoms with van der Waals surface area (Å²) in [5.41, 5.74) is 6.12. The Balaban J connectivity index is 1.56. The highest BCUT2D eigenvalue weighted by Gasteiger charge is 2.49. The molecule has 1 fully saturated rings. The van der Waals surface area contributed by atoms with Crippen molar-refractivity contribution in [1.82, 2.24) is 9.88 Å². The van der Waals surface area contributed by atoms with E-state index in [1.54, 1.807) is 0 Å². The molecule has 1 spiro atoms. The molecule has 1 aromatic heterocycles. The van der Waals surface area contributed by atoms with Crippen LogP contribution in [0.5, 0.6) is 0 Å². The molecule has 1 aliphatic carbocycles. The first-order chi connectivity index (χ1) is 14.0. The molecular formula is C25H29ClN2O. The van der Waals surface area contributed by atoms with Gasteiger partial charge in [-0.15, -0.1) is 0 Å². The van der Waals surface area contributed by atoms with Gasteiger partial charge >= 0.3 is 0 Å². The summed E-state index contributed by atoms with van der Waals surface area (Å²) in [6.07, 6.45) is 5.12. The summed E-state index contributed by atoms with van der Waals surface area (Å²) in [5.74, 6) is 0. The number of fused-ring (bicyclic) bond motifs is 4. The molecule has 2 heterocycles. The first-order valence-electron chi connectivity index (χ1n) is 10.6. The van der Waals surface area contributed by atoms with Gasteiger partial charge in [-0.2, -0.15) is 0 Å². The van der Waals surface area contributed by atoms with E-state index < -0.39 is 0 Å². The average Bonchev–Trinajstić information content (AvgIpc) is 3.13. The molecule has 3 aromatic rings. The fourth-order valence-electron chi connectivity index (χ4n) is 5.66. The number of aromatic amines is 1. The van der Waals surface area contributed by atoms with Gasteiger partial charge in [0, 0.05) is 10.9 Å². The summed E-state index contributed by atoms with van der Waals surface area (Å²) in [4.78, 5) is 6.12. The molecule has 5 rings (SSSR count). The number of nitrogens with one attached hydrogen (secondary N) is 1. The lowest BCUT2D eigenvalue weighted by molar-refractivity contribution is -0.113. The number of nitrogens with zero attached hydrogens (tertiary/aromatic N) is 1. The maximum atomic E-state index is 6.66. The zero-order valence-corrected chi connectivity index (χ0v) is 18.3. The van der Waals surface area contributed by atoms with Crippen molar-refractivity contribution in [3.8, 4) is 0 Å². The molecule has 152 valence electrons. The van der Waals surface area contributed by atoms with Gasteiger partial charge in [0.2, 0.25) is 0 Å². The molecule has 0 saturated heterocycles. The van der Waals surface area contributed by atoms with Crippen LogP contribution in [-0.4, -0.2) is 30.6 Å². The summed E-state index contributed by atoms with van der Waals surface area (Å²) in [6, 6.07) is 15.3. The van der Waals surface area contributed by atoms with E-state index in [0.717, 1.165) is 54.8 Å². The first kappa shape index (κ1) is 19.2. The van der Waals surface area contributed by atoms with Crippen LogP contribution >= 0.6 is 11.6 Å². The summed E-state index contributed by atoms with van der Waals surface area (Å²) in [5, 5.41) is 2.11. The monoisotopic (exact) mass is 408 g/mol. The quantitative estimate of drug-likeness (QED) is 0.569. The smallest absolute Gasteiger partial charge is 0.108 e. The highest BCUT2D eigenvalue weighted by atomic mass is 35.5. The fourth-order valence-corrected chi connectivity index (χ4v) is 5.87. The van der Waals surface area contributed by atoms with E-state index in [-0.39, 0.29) is 11.1 Å². The number of rotatable bonds is 2. The Morgan fingerprint density at radius 1 is 1.00 bits per heavy atom. The molecule has 1 saturated carbocycles. The Morgan fingerprint density at radius 3 is 2.41 bits per heavy atom. The number of hydrogen-bond donors (Lipinski definition) is 1. The van der Waals surface area contributed by atoms with Gasteiger partial charge in [0.1, 0.15) is 5.60 Å². The van der Waals surface area contributed by atoms with Crippen molar-refractivity contribution in [2.45, 2.75) is 50.2 Å². The molecular weight excluding hydrogens is 380 g/mol. The number of benzene rings is 2. The zero-order chi connectivity index (χ0) is 20.2. The van der Waals surface area contributed by atoms with Gasteiger partial charge in [-0.05, 0) is 69.8 Å². The maximum absolute atomic E-state index is 6.66. The molecule has 0 radical (unpaired) electrons. The van der Waals surface area contributed by atoms with Gasteiger partial charge in [-0.25, -0.2) is 0 Å². The van der Waals surface area contributed by atoms with Crippen molar-refractivity contribution in [3.63, 3.8) is 0 Å². The van der Waals surface area contributed by atoms with Gasteiger partial charge in [-0.3, -0.25) is 4.90 Å². The number of aromatic nitrogens is 1. The predicted octanol–water partition coefficient (Wildman–Crippen LogP) is 5.93. The molecule has 1 N–H and O–H groups in total. The SMILES string of the molecule is Cc1ccc2c3c([nH]c2c1Cl)C1(CCC(c2ccccc2)(N(C)C)CC1)OCC3. The molecule has 0 atom stereocenters. The van der Waals surface area contributed by atoms with E-state index in [1.165, 1.54) is 22.2 Å². The van der Waals surface area contributed by atoms with E-state index in [2.05, 4.69) is 73.4 Å². The number of ether oxygens (including phenoxy) is 1. The molecule has 0 unspecified atom stereocenters. The fraction of sp³-hybridized carbons (Fsp3) is 0.440. The average molecular weight is 409 g/mol. The van der Waals surface area contributed by atoms with Gasteiger partial charge < -0.3 is 9.72 Å². The second kappa shape index (κ2) is 6.87.